The topological polar surface area (TPSA) is 70.2 Å². The zero-order valence-electron chi connectivity index (χ0n) is 11.2. The third-order valence-electron chi connectivity index (χ3n) is 4.11. The Morgan fingerprint density at radius 2 is 2.26 bits per heavy atom. The number of ether oxygens (including phenoxy) is 1. The highest BCUT2D eigenvalue weighted by Crippen LogP contribution is 2.17. The van der Waals surface area contributed by atoms with E-state index in [1.807, 2.05) is 11.9 Å². The van der Waals surface area contributed by atoms with E-state index in [0.717, 1.165) is 37.4 Å². The molecule has 1 fully saturated rings. The van der Waals surface area contributed by atoms with Gasteiger partial charge in [0.05, 0.1) is 23.8 Å². The molecule has 104 valence electrons. The summed E-state index contributed by atoms with van der Waals surface area (Å²) in [5.41, 5.74) is 2.11. The van der Waals surface area contributed by atoms with Crippen molar-refractivity contribution >= 4 is 5.91 Å². The molecule has 2 aliphatic heterocycles. The highest BCUT2D eigenvalue weighted by Gasteiger charge is 2.31. The van der Waals surface area contributed by atoms with Crippen LogP contribution in [0.25, 0.3) is 0 Å². The first-order valence-electron chi connectivity index (χ1n) is 6.84. The molecule has 0 aromatic carbocycles. The van der Waals surface area contributed by atoms with Gasteiger partial charge in [0, 0.05) is 39.3 Å². The number of rotatable bonds is 2. The Morgan fingerprint density at radius 1 is 1.47 bits per heavy atom. The van der Waals surface area contributed by atoms with Crippen LogP contribution in [-0.4, -0.2) is 53.1 Å². The molecular formula is C13H20N4O2. The molecule has 6 nitrogen and oxygen atoms in total. The molecular weight excluding hydrogens is 244 g/mol. The van der Waals surface area contributed by atoms with Crippen molar-refractivity contribution in [3.05, 3.63) is 17.7 Å². The maximum absolute atomic E-state index is 12.5. The van der Waals surface area contributed by atoms with E-state index >= 15 is 0 Å². The number of likely N-dealkylation sites (N-methyl/N-ethyl adjacent to an activating group) is 1. The average Bonchev–Trinajstić information content (AvgIpc) is 2.94. The minimum absolute atomic E-state index is 0.149. The highest BCUT2D eigenvalue weighted by molar-refractivity contribution is 5.82. The van der Waals surface area contributed by atoms with Crippen LogP contribution in [0, 0.1) is 0 Å². The predicted molar refractivity (Wildman–Crippen MR) is 69.5 cm³/mol. The molecule has 1 unspecified atom stereocenters. The van der Waals surface area contributed by atoms with Gasteiger partial charge in [0.25, 0.3) is 0 Å². The smallest absolute Gasteiger partial charge is 0.240 e. The van der Waals surface area contributed by atoms with E-state index in [0.29, 0.717) is 19.0 Å². The van der Waals surface area contributed by atoms with Gasteiger partial charge in [0.1, 0.15) is 0 Å². The number of carbonyl (C=O) groups is 1. The molecule has 0 aliphatic carbocycles. The number of hydrogen-bond acceptors (Lipinski definition) is 4. The van der Waals surface area contributed by atoms with Crippen molar-refractivity contribution in [2.75, 3.05) is 20.3 Å². The lowest BCUT2D eigenvalue weighted by atomic mass is 10.0. The number of H-pyrrole nitrogens is 1. The summed E-state index contributed by atoms with van der Waals surface area (Å²) in [7, 11) is 1.90. The Labute approximate surface area is 112 Å². The summed E-state index contributed by atoms with van der Waals surface area (Å²) in [6.07, 6.45) is 4.23. The summed E-state index contributed by atoms with van der Waals surface area (Å²) >= 11 is 0. The summed E-state index contributed by atoms with van der Waals surface area (Å²) in [5.74, 6) is 0.167. The molecule has 19 heavy (non-hydrogen) atoms. The molecule has 1 aromatic rings. The van der Waals surface area contributed by atoms with Crippen molar-refractivity contribution in [3.8, 4) is 0 Å². The molecule has 1 saturated heterocycles. The SMILES string of the molecule is CN(C(=O)C1Cc2nc[nH]c2CN1)C1CCOCC1. The molecule has 2 N–H and O–H groups in total. The summed E-state index contributed by atoms with van der Waals surface area (Å²) in [6, 6.07) is 0.160. The highest BCUT2D eigenvalue weighted by atomic mass is 16.5. The molecule has 3 heterocycles. The first kappa shape index (κ1) is 12.6. The number of aromatic nitrogens is 2. The first-order chi connectivity index (χ1) is 9.25. The zero-order valence-corrected chi connectivity index (χ0v) is 11.2. The minimum atomic E-state index is -0.149. The normalized spacial score (nSPS) is 23.9. The van der Waals surface area contributed by atoms with E-state index in [-0.39, 0.29) is 11.9 Å². The van der Waals surface area contributed by atoms with Gasteiger partial charge in [0.2, 0.25) is 5.91 Å². The molecule has 0 saturated carbocycles. The fourth-order valence-corrected chi connectivity index (χ4v) is 2.84. The summed E-state index contributed by atoms with van der Waals surface area (Å²) in [5, 5.41) is 3.29. The van der Waals surface area contributed by atoms with Gasteiger partial charge in [-0.25, -0.2) is 4.98 Å². The van der Waals surface area contributed by atoms with Crippen LogP contribution in [0.15, 0.2) is 6.33 Å². The maximum Gasteiger partial charge on any atom is 0.240 e. The number of carbonyl (C=O) groups excluding carboxylic acids is 1. The fraction of sp³-hybridized carbons (Fsp3) is 0.692. The van der Waals surface area contributed by atoms with E-state index < -0.39 is 0 Å². The fourth-order valence-electron chi connectivity index (χ4n) is 2.84. The van der Waals surface area contributed by atoms with Crippen LogP contribution in [-0.2, 0) is 22.5 Å². The monoisotopic (exact) mass is 264 g/mol. The van der Waals surface area contributed by atoms with Crippen LogP contribution in [0.2, 0.25) is 0 Å². The third-order valence-corrected chi connectivity index (χ3v) is 4.11. The second-order valence-electron chi connectivity index (χ2n) is 5.26. The van der Waals surface area contributed by atoms with E-state index in [2.05, 4.69) is 15.3 Å². The number of fused-ring (bicyclic) bond motifs is 1. The zero-order chi connectivity index (χ0) is 13.2. The molecule has 0 radical (unpaired) electrons. The van der Waals surface area contributed by atoms with Gasteiger partial charge in [0.15, 0.2) is 0 Å². The molecule has 0 spiro atoms. The van der Waals surface area contributed by atoms with Crippen LogP contribution < -0.4 is 5.32 Å². The standard InChI is InChI=1S/C13H20N4O2/c1-17(9-2-4-19-5-3-9)13(18)11-6-10-12(7-14-11)16-8-15-10/h8-9,11,14H,2-7H2,1H3,(H,15,16). The van der Waals surface area contributed by atoms with Gasteiger partial charge >= 0.3 is 0 Å². The Kier molecular flexibility index (Phi) is 3.52. The lowest BCUT2D eigenvalue weighted by Crippen LogP contribution is -2.52. The van der Waals surface area contributed by atoms with Crippen LogP contribution in [0.4, 0.5) is 0 Å². The van der Waals surface area contributed by atoms with Crippen LogP contribution in [0.3, 0.4) is 0 Å². The predicted octanol–water partition coefficient (Wildman–Crippen LogP) is 0.0614. The van der Waals surface area contributed by atoms with Gasteiger partial charge in [-0.05, 0) is 12.8 Å². The van der Waals surface area contributed by atoms with Crippen molar-refractivity contribution in [2.24, 2.45) is 0 Å². The van der Waals surface area contributed by atoms with E-state index in [4.69, 9.17) is 4.74 Å². The Bertz CT molecular complexity index is 453. The summed E-state index contributed by atoms with van der Waals surface area (Å²) in [6.45, 7) is 2.20. The Morgan fingerprint density at radius 3 is 3.05 bits per heavy atom. The lowest BCUT2D eigenvalue weighted by molar-refractivity contribution is -0.136. The Hall–Kier alpha value is -1.40. The van der Waals surface area contributed by atoms with Gasteiger partial charge in [-0.2, -0.15) is 0 Å². The maximum atomic E-state index is 12.5. The largest absolute Gasteiger partial charge is 0.381 e. The van der Waals surface area contributed by atoms with E-state index in [1.165, 1.54) is 0 Å². The number of hydrogen-bond donors (Lipinski definition) is 2. The van der Waals surface area contributed by atoms with Crippen molar-refractivity contribution in [1.29, 1.82) is 0 Å². The molecule has 0 bridgehead atoms. The van der Waals surface area contributed by atoms with Gasteiger partial charge in [-0.3, -0.25) is 10.1 Å². The van der Waals surface area contributed by atoms with Crippen LogP contribution >= 0.6 is 0 Å². The van der Waals surface area contributed by atoms with Crippen molar-refractivity contribution in [1.82, 2.24) is 20.2 Å². The van der Waals surface area contributed by atoms with Crippen molar-refractivity contribution in [3.63, 3.8) is 0 Å². The Balaban J connectivity index is 1.64. The van der Waals surface area contributed by atoms with Crippen LogP contribution in [0.1, 0.15) is 24.2 Å². The first-order valence-corrected chi connectivity index (χ1v) is 6.84. The molecule has 1 atom stereocenters. The quantitative estimate of drug-likeness (QED) is 0.792. The minimum Gasteiger partial charge on any atom is -0.381 e. The van der Waals surface area contributed by atoms with Crippen LogP contribution in [0.5, 0.6) is 0 Å². The number of nitrogens with one attached hydrogen (secondary N) is 2. The number of aromatic amines is 1. The summed E-state index contributed by atoms with van der Waals surface area (Å²) in [4.78, 5) is 21.8. The molecule has 1 aromatic heterocycles. The van der Waals surface area contributed by atoms with E-state index in [9.17, 15) is 4.79 Å². The van der Waals surface area contributed by atoms with Gasteiger partial charge in [-0.15, -0.1) is 0 Å². The second-order valence-corrected chi connectivity index (χ2v) is 5.26. The van der Waals surface area contributed by atoms with E-state index in [1.54, 1.807) is 6.33 Å². The number of nitrogens with zero attached hydrogens (tertiary/aromatic N) is 2. The van der Waals surface area contributed by atoms with Crippen molar-refractivity contribution < 1.29 is 9.53 Å². The molecule has 6 heteroatoms. The van der Waals surface area contributed by atoms with Gasteiger partial charge in [-0.1, -0.05) is 0 Å². The lowest BCUT2D eigenvalue weighted by Gasteiger charge is -2.34. The molecule has 3 rings (SSSR count). The average molecular weight is 264 g/mol. The number of imidazole rings is 1. The molecule has 2 aliphatic rings. The summed E-state index contributed by atoms with van der Waals surface area (Å²) < 4.78 is 5.34. The second kappa shape index (κ2) is 5.30. The van der Waals surface area contributed by atoms with Gasteiger partial charge < -0.3 is 14.6 Å². The third kappa shape index (κ3) is 2.50. The van der Waals surface area contributed by atoms with Crippen molar-refractivity contribution in [2.45, 2.75) is 37.9 Å². The molecule has 1 amide bonds. The number of amides is 1.